The normalized spacial score (nSPS) is 11.1. The first-order valence-corrected chi connectivity index (χ1v) is 9.84. The number of benzene rings is 2. The van der Waals surface area contributed by atoms with Crippen LogP contribution in [0.3, 0.4) is 0 Å². The van der Waals surface area contributed by atoms with Crippen molar-refractivity contribution in [2.24, 2.45) is 0 Å². The van der Waals surface area contributed by atoms with Gasteiger partial charge in [0.1, 0.15) is 10.7 Å². The van der Waals surface area contributed by atoms with E-state index in [4.69, 9.17) is 0 Å². The molecule has 3 aromatic rings. The lowest BCUT2D eigenvalue weighted by Crippen LogP contribution is -2.30. The molecular weight excluding hydrogens is 381 g/mol. The van der Waals surface area contributed by atoms with Crippen molar-refractivity contribution in [3.8, 4) is 0 Å². The van der Waals surface area contributed by atoms with E-state index in [1.165, 1.54) is 49.8 Å². The van der Waals surface area contributed by atoms with Crippen molar-refractivity contribution < 1.29 is 17.6 Å². The topological polar surface area (TPSA) is 79.4 Å². The third kappa shape index (κ3) is 4.17. The number of hydrogen-bond acceptors (Lipinski definition) is 4. The molecule has 0 aliphatic rings. The van der Waals surface area contributed by atoms with Crippen LogP contribution in [0.1, 0.15) is 15.9 Å². The molecule has 1 aromatic heterocycles. The maximum atomic E-state index is 13.3. The quantitative estimate of drug-likeness (QED) is 0.691. The molecule has 0 saturated carbocycles. The zero-order chi connectivity index (χ0) is 20.1. The summed E-state index contributed by atoms with van der Waals surface area (Å²) in [5, 5.41) is 2.63. The van der Waals surface area contributed by atoms with E-state index in [9.17, 15) is 17.6 Å². The third-order valence-corrected chi connectivity index (χ3v) is 5.97. The fraction of sp³-hybridized carbons (Fsp3) is 0.100. The number of carbonyl (C=O) groups is 1. The minimum atomic E-state index is -3.98. The minimum absolute atomic E-state index is 0.00893. The molecule has 0 spiro atoms. The first kappa shape index (κ1) is 19.5. The molecule has 0 atom stereocenters. The molecule has 6 nitrogen and oxygen atoms in total. The predicted octanol–water partition coefficient (Wildman–Crippen LogP) is 2.98. The SMILES string of the molecule is CN(c1cccnc1)S(=O)(=O)c1ccccc1C(=O)NCc1cccc(F)c1. The predicted molar refractivity (Wildman–Crippen MR) is 104 cm³/mol. The molecule has 0 radical (unpaired) electrons. The lowest BCUT2D eigenvalue weighted by Gasteiger charge is -2.20. The van der Waals surface area contributed by atoms with E-state index < -0.39 is 21.7 Å². The third-order valence-electron chi connectivity index (χ3n) is 4.12. The second-order valence-corrected chi connectivity index (χ2v) is 7.93. The highest BCUT2D eigenvalue weighted by molar-refractivity contribution is 7.92. The van der Waals surface area contributed by atoms with Crippen LogP contribution in [0, 0.1) is 5.82 Å². The molecule has 144 valence electrons. The second kappa shape index (κ2) is 8.18. The molecule has 8 heteroatoms. The summed E-state index contributed by atoms with van der Waals surface area (Å²) in [7, 11) is -2.59. The van der Waals surface area contributed by atoms with Gasteiger partial charge in [-0.3, -0.25) is 14.1 Å². The Morgan fingerprint density at radius 3 is 2.61 bits per heavy atom. The highest BCUT2D eigenvalue weighted by Crippen LogP contribution is 2.24. The van der Waals surface area contributed by atoms with Crippen LogP contribution >= 0.6 is 0 Å². The van der Waals surface area contributed by atoms with Gasteiger partial charge in [-0.05, 0) is 42.0 Å². The summed E-state index contributed by atoms with van der Waals surface area (Å²) in [6.45, 7) is 0.0728. The number of nitrogens with one attached hydrogen (secondary N) is 1. The summed E-state index contributed by atoms with van der Waals surface area (Å²) >= 11 is 0. The van der Waals surface area contributed by atoms with Crippen molar-refractivity contribution in [1.29, 1.82) is 0 Å². The summed E-state index contributed by atoms with van der Waals surface area (Å²) in [6, 6.07) is 15.0. The van der Waals surface area contributed by atoms with Crippen molar-refractivity contribution in [1.82, 2.24) is 10.3 Å². The lowest BCUT2D eigenvalue weighted by molar-refractivity contribution is 0.0947. The fourth-order valence-corrected chi connectivity index (χ4v) is 4.00. The van der Waals surface area contributed by atoms with E-state index in [0.717, 1.165) is 4.31 Å². The summed E-state index contributed by atoms with van der Waals surface area (Å²) < 4.78 is 40.4. The van der Waals surface area contributed by atoms with Gasteiger partial charge in [0, 0.05) is 19.8 Å². The number of carbonyl (C=O) groups excluding carboxylic acids is 1. The van der Waals surface area contributed by atoms with E-state index in [-0.39, 0.29) is 17.0 Å². The van der Waals surface area contributed by atoms with Crippen LogP contribution in [-0.2, 0) is 16.6 Å². The van der Waals surface area contributed by atoms with Crippen LogP contribution in [0.2, 0.25) is 0 Å². The summed E-state index contributed by atoms with van der Waals surface area (Å²) in [5.74, 6) is -0.976. The average Bonchev–Trinajstić information content (AvgIpc) is 2.72. The molecule has 2 aromatic carbocycles. The van der Waals surface area contributed by atoms with Gasteiger partial charge in [-0.15, -0.1) is 0 Å². The van der Waals surface area contributed by atoms with Crippen LogP contribution in [0.25, 0.3) is 0 Å². The molecule has 1 N–H and O–H groups in total. The van der Waals surface area contributed by atoms with Crippen molar-refractivity contribution in [3.05, 3.63) is 90.0 Å². The summed E-state index contributed by atoms with van der Waals surface area (Å²) in [4.78, 5) is 16.4. The van der Waals surface area contributed by atoms with Crippen LogP contribution in [-0.4, -0.2) is 26.4 Å². The molecule has 0 fully saturated rings. The van der Waals surface area contributed by atoms with Gasteiger partial charge in [0.05, 0.1) is 17.4 Å². The van der Waals surface area contributed by atoms with Crippen molar-refractivity contribution >= 4 is 21.6 Å². The Kier molecular flexibility index (Phi) is 5.70. The Hall–Kier alpha value is -3.26. The van der Waals surface area contributed by atoms with E-state index in [0.29, 0.717) is 11.3 Å². The standard InChI is InChI=1S/C20H18FN3O3S/c1-24(17-8-5-11-22-14-17)28(26,27)19-10-3-2-9-18(19)20(25)23-13-15-6-4-7-16(21)12-15/h2-12,14H,13H2,1H3,(H,23,25). The fourth-order valence-electron chi connectivity index (χ4n) is 2.63. The number of aromatic nitrogens is 1. The van der Waals surface area contributed by atoms with Gasteiger partial charge in [0.15, 0.2) is 0 Å². The van der Waals surface area contributed by atoms with Crippen LogP contribution in [0.15, 0.2) is 78.0 Å². The molecule has 1 amide bonds. The maximum Gasteiger partial charge on any atom is 0.264 e. The summed E-state index contributed by atoms with van der Waals surface area (Å²) in [6.07, 6.45) is 2.96. The molecule has 1 heterocycles. The zero-order valence-electron chi connectivity index (χ0n) is 15.0. The van der Waals surface area contributed by atoms with Crippen LogP contribution < -0.4 is 9.62 Å². The Labute approximate surface area is 162 Å². The lowest BCUT2D eigenvalue weighted by atomic mass is 10.2. The molecule has 0 unspecified atom stereocenters. The number of nitrogens with zero attached hydrogens (tertiary/aromatic N) is 2. The van der Waals surface area contributed by atoms with E-state index in [2.05, 4.69) is 10.3 Å². The highest BCUT2D eigenvalue weighted by atomic mass is 32.2. The van der Waals surface area contributed by atoms with Crippen LogP contribution in [0.5, 0.6) is 0 Å². The molecule has 0 aliphatic heterocycles. The number of sulfonamides is 1. The Morgan fingerprint density at radius 1 is 1.11 bits per heavy atom. The smallest absolute Gasteiger partial charge is 0.264 e. The molecule has 28 heavy (non-hydrogen) atoms. The zero-order valence-corrected chi connectivity index (χ0v) is 15.9. The first-order chi connectivity index (χ1) is 13.4. The first-order valence-electron chi connectivity index (χ1n) is 8.40. The number of hydrogen-bond donors (Lipinski definition) is 1. The van der Waals surface area contributed by atoms with Crippen LogP contribution in [0.4, 0.5) is 10.1 Å². The Bertz CT molecular complexity index is 1090. The highest BCUT2D eigenvalue weighted by Gasteiger charge is 2.26. The van der Waals surface area contributed by atoms with E-state index in [1.807, 2.05) is 0 Å². The number of amides is 1. The minimum Gasteiger partial charge on any atom is -0.348 e. The summed E-state index contributed by atoms with van der Waals surface area (Å²) in [5.41, 5.74) is 0.952. The molecular formula is C20H18FN3O3S. The van der Waals surface area contributed by atoms with E-state index in [1.54, 1.807) is 30.3 Å². The molecule has 0 aliphatic carbocycles. The average molecular weight is 399 g/mol. The van der Waals surface area contributed by atoms with Crippen molar-refractivity contribution in [2.45, 2.75) is 11.4 Å². The van der Waals surface area contributed by atoms with Gasteiger partial charge in [-0.1, -0.05) is 24.3 Å². The van der Waals surface area contributed by atoms with Crippen molar-refractivity contribution in [2.75, 3.05) is 11.4 Å². The Morgan fingerprint density at radius 2 is 1.89 bits per heavy atom. The van der Waals surface area contributed by atoms with Gasteiger partial charge in [-0.2, -0.15) is 0 Å². The van der Waals surface area contributed by atoms with E-state index >= 15 is 0 Å². The van der Waals surface area contributed by atoms with Crippen molar-refractivity contribution in [3.63, 3.8) is 0 Å². The Balaban J connectivity index is 1.87. The molecule has 0 saturated heterocycles. The maximum absolute atomic E-state index is 13.3. The van der Waals surface area contributed by atoms with Gasteiger partial charge >= 0.3 is 0 Å². The van der Waals surface area contributed by atoms with Gasteiger partial charge in [0.2, 0.25) is 0 Å². The molecule has 3 rings (SSSR count). The van der Waals surface area contributed by atoms with Gasteiger partial charge in [-0.25, -0.2) is 12.8 Å². The second-order valence-electron chi connectivity index (χ2n) is 5.99. The molecule has 0 bridgehead atoms. The number of halogens is 1. The monoisotopic (exact) mass is 399 g/mol. The number of anilines is 1. The largest absolute Gasteiger partial charge is 0.348 e. The number of rotatable bonds is 6. The number of pyridine rings is 1. The van der Waals surface area contributed by atoms with Gasteiger partial charge in [0.25, 0.3) is 15.9 Å². The van der Waals surface area contributed by atoms with Gasteiger partial charge < -0.3 is 5.32 Å².